The third kappa shape index (κ3) is 3.97. The van der Waals surface area contributed by atoms with Crippen molar-refractivity contribution in [3.8, 4) is 16.9 Å². The van der Waals surface area contributed by atoms with Crippen LogP contribution in [0, 0.1) is 5.82 Å². The molecule has 148 valence electrons. The first-order valence-electron chi connectivity index (χ1n) is 8.83. The second-order valence-corrected chi connectivity index (χ2v) is 6.52. The Morgan fingerprint density at radius 1 is 1.21 bits per heavy atom. The van der Waals surface area contributed by atoms with Gasteiger partial charge in [-0.3, -0.25) is 9.59 Å². The van der Waals surface area contributed by atoms with E-state index in [0.717, 1.165) is 0 Å². The molecule has 1 aromatic carbocycles. The maximum atomic E-state index is 14.7. The lowest BCUT2D eigenvalue weighted by atomic mass is 10.1. The van der Waals surface area contributed by atoms with Gasteiger partial charge in [0.15, 0.2) is 5.82 Å². The molecule has 0 aliphatic carbocycles. The average molecular weight is 396 g/mol. The van der Waals surface area contributed by atoms with Crippen LogP contribution in [0.25, 0.3) is 16.9 Å². The van der Waals surface area contributed by atoms with Crippen LogP contribution in [-0.4, -0.2) is 51.0 Å². The molecule has 10 heteroatoms. The highest BCUT2D eigenvalue weighted by atomic mass is 19.1. The molecule has 1 atom stereocenters. The van der Waals surface area contributed by atoms with Gasteiger partial charge in [0.2, 0.25) is 5.78 Å². The van der Waals surface area contributed by atoms with Crippen LogP contribution in [0.1, 0.15) is 6.42 Å². The Kier molecular flexibility index (Phi) is 5.00. The molecule has 0 spiro atoms. The van der Waals surface area contributed by atoms with Gasteiger partial charge in [-0.1, -0.05) is 0 Å². The zero-order valence-electron chi connectivity index (χ0n) is 15.2. The van der Waals surface area contributed by atoms with Crippen molar-refractivity contribution in [3.05, 3.63) is 54.7 Å². The summed E-state index contributed by atoms with van der Waals surface area (Å²) in [7, 11) is 0. The first kappa shape index (κ1) is 18.7. The number of pyridine rings is 1. The molecule has 3 heterocycles. The molecule has 3 aromatic rings. The molecule has 0 unspecified atom stereocenters. The quantitative estimate of drug-likeness (QED) is 0.620. The minimum atomic E-state index is -0.981. The normalized spacial score (nSPS) is 16.2. The highest BCUT2D eigenvalue weighted by Gasteiger charge is 2.27. The number of anilines is 1. The summed E-state index contributed by atoms with van der Waals surface area (Å²) in [5.74, 6) is -1.54. The molecule has 1 aliphatic heterocycles. The topological polar surface area (TPSA) is 116 Å². The van der Waals surface area contributed by atoms with E-state index in [-0.39, 0.29) is 13.2 Å². The molecule has 0 radical (unpaired) electrons. The Labute approximate surface area is 164 Å². The van der Waals surface area contributed by atoms with Gasteiger partial charge in [0.05, 0.1) is 18.5 Å². The van der Waals surface area contributed by atoms with E-state index in [1.807, 2.05) is 0 Å². The number of amides is 1. The summed E-state index contributed by atoms with van der Waals surface area (Å²) in [6.07, 6.45) is 4.11. The minimum absolute atomic E-state index is 0.0878. The number of carbonyl (C=O) groups is 2. The van der Waals surface area contributed by atoms with Gasteiger partial charge in [-0.25, -0.2) is 9.37 Å². The van der Waals surface area contributed by atoms with Crippen LogP contribution < -0.4 is 10.6 Å². The maximum Gasteiger partial charge on any atom is 0.284 e. The van der Waals surface area contributed by atoms with Crippen LogP contribution >= 0.6 is 0 Å². The van der Waals surface area contributed by atoms with E-state index in [4.69, 9.17) is 10.5 Å². The lowest BCUT2D eigenvalue weighted by Crippen LogP contribution is -2.29. The van der Waals surface area contributed by atoms with Crippen LogP contribution in [0.2, 0.25) is 0 Å². The Hall–Kier alpha value is -3.66. The predicted molar refractivity (Wildman–Crippen MR) is 100 cm³/mol. The molecular weight excluding hydrogens is 379 g/mol. The van der Waals surface area contributed by atoms with Crippen LogP contribution in [0.15, 0.2) is 48.9 Å². The molecule has 1 saturated heterocycles. The van der Waals surface area contributed by atoms with E-state index < -0.39 is 23.6 Å². The molecule has 0 saturated carbocycles. The summed E-state index contributed by atoms with van der Waals surface area (Å²) in [5, 5.41) is 8.00. The molecule has 1 aliphatic rings. The highest BCUT2D eigenvalue weighted by molar-refractivity contribution is 6.35. The third-order valence-corrected chi connectivity index (χ3v) is 4.58. The van der Waals surface area contributed by atoms with Gasteiger partial charge in [-0.15, -0.1) is 4.80 Å². The number of hydrogen-bond acceptors (Lipinski definition) is 7. The van der Waals surface area contributed by atoms with Gasteiger partial charge < -0.3 is 15.4 Å². The van der Waals surface area contributed by atoms with E-state index in [9.17, 15) is 14.0 Å². The van der Waals surface area contributed by atoms with Crippen molar-refractivity contribution in [1.82, 2.24) is 20.0 Å². The average Bonchev–Trinajstić information content (AvgIpc) is 3.40. The number of nitrogens with zero attached hydrogens (tertiary/aromatic N) is 5. The first-order valence-corrected chi connectivity index (χ1v) is 8.83. The lowest BCUT2D eigenvalue weighted by Gasteiger charge is -2.17. The van der Waals surface area contributed by atoms with E-state index in [2.05, 4.69) is 15.2 Å². The third-order valence-electron chi connectivity index (χ3n) is 4.58. The fourth-order valence-corrected chi connectivity index (χ4v) is 3.09. The second kappa shape index (κ2) is 7.76. The van der Waals surface area contributed by atoms with Crippen LogP contribution in [0.4, 0.5) is 10.1 Å². The van der Waals surface area contributed by atoms with Crippen LogP contribution in [-0.2, 0) is 14.3 Å². The first-order chi connectivity index (χ1) is 14.0. The second-order valence-electron chi connectivity index (χ2n) is 6.52. The number of nitrogens with two attached hydrogens (primary N) is 1. The minimum Gasteiger partial charge on any atom is -0.363 e. The van der Waals surface area contributed by atoms with Crippen molar-refractivity contribution in [3.63, 3.8) is 0 Å². The standard InChI is InChI=1S/C19H17FN6O3/c20-16-7-13(25-10-14(29-11-25)8-17(27)19(21)28)2-3-15(16)12-1-4-18(22-9-12)26-23-5-6-24-26/h1-7,9,14H,8,10-11H2,(H2,21,28)/t14-/m0/s1. The fourth-order valence-electron chi connectivity index (χ4n) is 3.09. The van der Waals surface area contributed by atoms with E-state index in [0.29, 0.717) is 29.2 Å². The largest absolute Gasteiger partial charge is 0.363 e. The summed E-state index contributed by atoms with van der Waals surface area (Å²) in [6, 6.07) is 8.28. The molecule has 1 amide bonds. The molecule has 9 nitrogen and oxygen atoms in total. The SMILES string of the molecule is NC(=O)C(=O)C[C@H]1CN(c2ccc(-c3ccc(-n4nccn4)nc3)c(F)c2)CO1. The Morgan fingerprint density at radius 3 is 2.66 bits per heavy atom. The van der Waals surface area contributed by atoms with Crippen LogP contribution in [0.3, 0.4) is 0 Å². The number of ketones is 1. The molecule has 2 N–H and O–H groups in total. The fraction of sp³-hybridized carbons (Fsp3) is 0.211. The van der Waals surface area contributed by atoms with Gasteiger partial charge in [0, 0.05) is 36.0 Å². The number of rotatable bonds is 6. The molecule has 1 fully saturated rings. The van der Waals surface area contributed by atoms with Gasteiger partial charge in [-0.2, -0.15) is 10.2 Å². The molecule has 4 rings (SSSR count). The zero-order valence-corrected chi connectivity index (χ0v) is 15.2. The molecule has 29 heavy (non-hydrogen) atoms. The smallest absolute Gasteiger partial charge is 0.284 e. The number of aromatic nitrogens is 4. The van der Waals surface area contributed by atoms with Crippen molar-refractivity contribution in [2.24, 2.45) is 5.73 Å². The van der Waals surface area contributed by atoms with E-state index in [1.165, 1.54) is 10.9 Å². The molecule has 0 bridgehead atoms. The lowest BCUT2D eigenvalue weighted by molar-refractivity contribution is -0.137. The molecular formula is C19H17FN6O3. The number of halogens is 1. The summed E-state index contributed by atoms with van der Waals surface area (Å²) in [6.45, 7) is 0.563. The summed E-state index contributed by atoms with van der Waals surface area (Å²) in [5.41, 5.74) is 6.61. The number of hydrogen-bond donors (Lipinski definition) is 1. The van der Waals surface area contributed by atoms with E-state index in [1.54, 1.807) is 47.8 Å². The zero-order chi connectivity index (χ0) is 20.4. The summed E-state index contributed by atoms with van der Waals surface area (Å²) < 4.78 is 20.2. The number of carbonyl (C=O) groups excluding carboxylic acids is 2. The van der Waals surface area contributed by atoms with Gasteiger partial charge in [0.25, 0.3) is 5.91 Å². The maximum absolute atomic E-state index is 14.7. The number of ether oxygens (including phenoxy) is 1. The summed E-state index contributed by atoms with van der Waals surface area (Å²) >= 11 is 0. The number of Topliss-reactive ketones (excluding diaryl/α,β-unsaturated/α-hetero) is 1. The Balaban J connectivity index is 1.47. The van der Waals surface area contributed by atoms with Gasteiger partial charge >= 0.3 is 0 Å². The van der Waals surface area contributed by atoms with Gasteiger partial charge in [-0.05, 0) is 30.3 Å². The number of primary amides is 1. The van der Waals surface area contributed by atoms with Crippen LogP contribution in [0.5, 0.6) is 0 Å². The monoisotopic (exact) mass is 396 g/mol. The molecule has 2 aromatic heterocycles. The van der Waals surface area contributed by atoms with Crippen molar-refractivity contribution in [2.75, 3.05) is 18.2 Å². The Bertz CT molecular complexity index is 1040. The van der Waals surface area contributed by atoms with Crippen molar-refractivity contribution in [1.29, 1.82) is 0 Å². The van der Waals surface area contributed by atoms with Gasteiger partial charge in [0.1, 0.15) is 12.5 Å². The summed E-state index contributed by atoms with van der Waals surface area (Å²) in [4.78, 5) is 29.8. The van der Waals surface area contributed by atoms with Crippen molar-refractivity contribution < 1.29 is 18.7 Å². The highest BCUT2D eigenvalue weighted by Crippen LogP contribution is 2.28. The Morgan fingerprint density at radius 2 is 2.00 bits per heavy atom. The predicted octanol–water partition coefficient (Wildman–Crippen LogP) is 1.08. The number of benzene rings is 1. The van der Waals surface area contributed by atoms with E-state index >= 15 is 0 Å². The van der Waals surface area contributed by atoms with Crippen molar-refractivity contribution >= 4 is 17.4 Å². The van der Waals surface area contributed by atoms with Crippen molar-refractivity contribution in [2.45, 2.75) is 12.5 Å².